The Labute approximate surface area is 125 Å². The zero-order valence-corrected chi connectivity index (χ0v) is 13.3. The van der Waals surface area contributed by atoms with E-state index in [9.17, 15) is 0 Å². The van der Waals surface area contributed by atoms with Crippen LogP contribution in [-0.2, 0) is 6.54 Å². The van der Waals surface area contributed by atoms with Crippen LogP contribution < -0.4 is 10.1 Å². The van der Waals surface area contributed by atoms with E-state index < -0.39 is 0 Å². The molecule has 0 atom stereocenters. The molecule has 0 aromatic heterocycles. The minimum Gasteiger partial charge on any atom is -0.493 e. The smallest absolute Gasteiger partial charge is 0.123 e. The molecule has 3 heteroatoms. The van der Waals surface area contributed by atoms with Crippen LogP contribution in [0, 0.1) is 0 Å². The van der Waals surface area contributed by atoms with Gasteiger partial charge in [-0.25, -0.2) is 0 Å². The summed E-state index contributed by atoms with van der Waals surface area (Å²) in [5, 5.41) is 3.68. The largest absolute Gasteiger partial charge is 0.493 e. The lowest BCUT2D eigenvalue weighted by molar-refractivity contribution is 0.310. The Morgan fingerprint density at radius 1 is 1.26 bits per heavy atom. The average molecular weight is 326 g/mol. The Balaban J connectivity index is 1.94. The molecule has 19 heavy (non-hydrogen) atoms. The molecule has 0 heterocycles. The van der Waals surface area contributed by atoms with Crippen molar-refractivity contribution in [3.8, 4) is 5.75 Å². The van der Waals surface area contributed by atoms with E-state index in [1.54, 1.807) is 0 Å². The van der Waals surface area contributed by atoms with Gasteiger partial charge in [-0.05, 0) is 37.5 Å². The molecule has 0 saturated heterocycles. The summed E-state index contributed by atoms with van der Waals surface area (Å²) in [6.07, 6.45) is 7.83. The molecule has 1 N–H and O–H groups in total. The summed E-state index contributed by atoms with van der Waals surface area (Å²) in [4.78, 5) is 0. The molecule has 0 spiro atoms. The highest BCUT2D eigenvalue weighted by molar-refractivity contribution is 9.10. The van der Waals surface area contributed by atoms with Gasteiger partial charge in [0, 0.05) is 22.6 Å². The van der Waals surface area contributed by atoms with E-state index in [0.717, 1.165) is 29.8 Å². The summed E-state index contributed by atoms with van der Waals surface area (Å²) < 4.78 is 6.94. The number of ether oxygens (including phenoxy) is 1. The van der Waals surface area contributed by atoms with Crippen LogP contribution in [0.4, 0.5) is 0 Å². The predicted molar refractivity (Wildman–Crippen MR) is 83.6 cm³/mol. The molecule has 2 nitrogen and oxygen atoms in total. The zero-order valence-electron chi connectivity index (χ0n) is 11.8. The van der Waals surface area contributed by atoms with E-state index in [-0.39, 0.29) is 0 Å². The van der Waals surface area contributed by atoms with E-state index in [2.05, 4.69) is 46.4 Å². The second-order valence-electron chi connectivity index (χ2n) is 5.32. The van der Waals surface area contributed by atoms with Crippen LogP contribution in [0.5, 0.6) is 5.75 Å². The third-order valence-corrected chi connectivity index (χ3v) is 4.16. The third kappa shape index (κ3) is 4.81. The number of hydrogen-bond donors (Lipinski definition) is 1. The summed E-state index contributed by atoms with van der Waals surface area (Å²) >= 11 is 3.55. The van der Waals surface area contributed by atoms with Gasteiger partial charge in [0.25, 0.3) is 0 Å². The van der Waals surface area contributed by atoms with Crippen LogP contribution in [-0.4, -0.2) is 12.6 Å². The van der Waals surface area contributed by atoms with E-state index >= 15 is 0 Å². The molecule has 0 aliphatic heterocycles. The maximum absolute atomic E-state index is 5.82. The molecule has 2 rings (SSSR count). The van der Waals surface area contributed by atoms with E-state index in [0.29, 0.717) is 6.04 Å². The quantitative estimate of drug-likeness (QED) is 0.821. The molecule has 1 saturated carbocycles. The highest BCUT2D eigenvalue weighted by atomic mass is 79.9. The van der Waals surface area contributed by atoms with Gasteiger partial charge in [-0.1, -0.05) is 42.1 Å². The molecular formula is C16H24BrNO. The first-order valence-corrected chi connectivity index (χ1v) is 8.23. The van der Waals surface area contributed by atoms with Crippen LogP contribution in [0.2, 0.25) is 0 Å². The highest BCUT2D eigenvalue weighted by Crippen LogP contribution is 2.24. The van der Waals surface area contributed by atoms with Gasteiger partial charge in [-0.3, -0.25) is 0 Å². The fourth-order valence-electron chi connectivity index (χ4n) is 2.60. The third-order valence-electron chi connectivity index (χ3n) is 3.67. The van der Waals surface area contributed by atoms with Crippen molar-refractivity contribution in [2.75, 3.05) is 6.61 Å². The minimum absolute atomic E-state index is 0.687. The fraction of sp³-hybridized carbons (Fsp3) is 0.625. The summed E-state index contributed by atoms with van der Waals surface area (Å²) in [6.45, 7) is 3.83. The van der Waals surface area contributed by atoms with Gasteiger partial charge in [-0.15, -0.1) is 0 Å². The van der Waals surface area contributed by atoms with Crippen LogP contribution >= 0.6 is 15.9 Å². The number of benzene rings is 1. The second kappa shape index (κ2) is 7.91. The molecule has 1 aliphatic rings. The molecule has 106 valence electrons. The standard InChI is InChI=1S/C16H24BrNO/c1-2-10-19-16-9-8-14(17)11-13(16)12-18-15-6-4-3-5-7-15/h8-9,11,15,18H,2-7,10,12H2,1H3. The first kappa shape index (κ1) is 14.9. The van der Waals surface area contributed by atoms with Crippen molar-refractivity contribution < 1.29 is 4.74 Å². The molecule has 1 aromatic carbocycles. The van der Waals surface area contributed by atoms with Crippen molar-refractivity contribution in [1.29, 1.82) is 0 Å². The minimum atomic E-state index is 0.687. The van der Waals surface area contributed by atoms with Gasteiger partial charge in [0.15, 0.2) is 0 Å². The molecular weight excluding hydrogens is 302 g/mol. The van der Waals surface area contributed by atoms with Gasteiger partial charge in [0.2, 0.25) is 0 Å². The van der Waals surface area contributed by atoms with Crippen molar-refractivity contribution in [1.82, 2.24) is 5.32 Å². The lowest BCUT2D eigenvalue weighted by atomic mass is 9.95. The molecule has 0 amide bonds. The fourth-order valence-corrected chi connectivity index (χ4v) is 3.01. The van der Waals surface area contributed by atoms with Gasteiger partial charge in [0.05, 0.1) is 6.61 Å². The van der Waals surface area contributed by atoms with E-state index in [1.807, 2.05) is 0 Å². The van der Waals surface area contributed by atoms with Crippen molar-refractivity contribution in [2.24, 2.45) is 0 Å². The van der Waals surface area contributed by atoms with Crippen molar-refractivity contribution in [2.45, 2.75) is 58.0 Å². The summed E-state index contributed by atoms with van der Waals surface area (Å²) in [7, 11) is 0. The summed E-state index contributed by atoms with van der Waals surface area (Å²) in [5.74, 6) is 1.02. The van der Waals surface area contributed by atoms with Crippen LogP contribution in [0.15, 0.2) is 22.7 Å². The number of nitrogens with one attached hydrogen (secondary N) is 1. The monoisotopic (exact) mass is 325 g/mol. The van der Waals surface area contributed by atoms with Crippen molar-refractivity contribution in [3.63, 3.8) is 0 Å². The summed E-state index contributed by atoms with van der Waals surface area (Å²) in [6, 6.07) is 6.97. The Morgan fingerprint density at radius 3 is 2.79 bits per heavy atom. The average Bonchev–Trinajstić information content (AvgIpc) is 2.45. The molecule has 1 fully saturated rings. The Kier molecular flexibility index (Phi) is 6.18. The first-order chi connectivity index (χ1) is 9.29. The molecule has 0 radical (unpaired) electrons. The highest BCUT2D eigenvalue weighted by Gasteiger charge is 2.13. The van der Waals surface area contributed by atoms with Gasteiger partial charge in [0.1, 0.15) is 5.75 Å². The van der Waals surface area contributed by atoms with Crippen LogP contribution in [0.1, 0.15) is 51.0 Å². The van der Waals surface area contributed by atoms with Crippen molar-refractivity contribution >= 4 is 15.9 Å². The lowest BCUT2D eigenvalue weighted by Crippen LogP contribution is -2.30. The van der Waals surface area contributed by atoms with Crippen molar-refractivity contribution in [3.05, 3.63) is 28.2 Å². The predicted octanol–water partition coefficient (Wildman–Crippen LogP) is 4.66. The summed E-state index contributed by atoms with van der Waals surface area (Å²) in [5.41, 5.74) is 1.26. The lowest BCUT2D eigenvalue weighted by Gasteiger charge is -2.23. The van der Waals surface area contributed by atoms with Gasteiger partial charge >= 0.3 is 0 Å². The SMILES string of the molecule is CCCOc1ccc(Br)cc1CNC1CCCCC1. The maximum atomic E-state index is 5.82. The molecule has 0 unspecified atom stereocenters. The van der Waals surface area contributed by atoms with Gasteiger partial charge < -0.3 is 10.1 Å². The zero-order chi connectivity index (χ0) is 13.5. The van der Waals surface area contributed by atoms with Crippen LogP contribution in [0.25, 0.3) is 0 Å². The molecule has 1 aromatic rings. The van der Waals surface area contributed by atoms with Gasteiger partial charge in [-0.2, -0.15) is 0 Å². The normalized spacial score (nSPS) is 16.5. The molecule has 1 aliphatic carbocycles. The Morgan fingerprint density at radius 2 is 2.05 bits per heavy atom. The second-order valence-corrected chi connectivity index (χ2v) is 6.23. The first-order valence-electron chi connectivity index (χ1n) is 7.44. The Hall–Kier alpha value is -0.540. The van der Waals surface area contributed by atoms with Crippen LogP contribution in [0.3, 0.4) is 0 Å². The topological polar surface area (TPSA) is 21.3 Å². The van der Waals surface area contributed by atoms with E-state index in [1.165, 1.54) is 37.7 Å². The van der Waals surface area contributed by atoms with E-state index in [4.69, 9.17) is 4.74 Å². The molecule has 0 bridgehead atoms. The number of rotatable bonds is 6. The number of hydrogen-bond acceptors (Lipinski definition) is 2. The Bertz CT molecular complexity index is 388. The maximum Gasteiger partial charge on any atom is 0.123 e. The number of halogens is 1.